The van der Waals surface area contributed by atoms with Gasteiger partial charge in [0.25, 0.3) is 0 Å². The molecule has 0 aliphatic rings. The molecule has 0 saturated carbocycles. The predicted molar refractivity (Wildman–Crippen MR) is 66.3 cm³/mol. The third-order valence-electron chi connectivity index (χ3n) is 2.28. The number of nitrogens with two attached hydrogens (primary N) is 1. The van der Waals surface area contributed by atoms with Crippen molar-refractivity contribution in [2.45, 2.75) is 31.1 Å². The Labute approximate surface area is 98.7 Å². The molecule has 16 heavy (non-hydrogen) atoms. The van der Waals surface area contributed by atoms with Gasteiger partial charge < -0.3 is 5.73 Å². The number of unbranched alkanes of at least 4 members (excludes halogenated alkanes) is 2. The van der Waals surface area contributed by atoms with Gasteiger partial charge in [0.15, 0.2) is 0 Å². The highest BCUT2D eigenvalue weighted by Crippen LogP contribution is 2.18. The topological polar surface area (TPSA) is 66.9 Å². The van der Waals surface area contributed by atoms with Crippen molar-refractivity contribution in [1.29, 1.82) is 5.26 Å². The molecule has 0 heterocycles. The fourth-order valence-corrected chi connectivity index (χ4v) is 2.72. The molecule has 1 aromatic rings. The van der Waals surface area contributed by atoms with Crippen LogP contribution in [0.3, 0.4) is 0 Å². The molecule has 1 atom stereocenters. The zero-order valence-electron chi connectivity index (χ0n) is 9.40. The van der Waals surface area contributed by atoms with Gasteiger partial charge in [-0.1, -0.05) is 6.07 Å². The number of aryl methyl sites for hydroxylation is 1. The molecule has 86 valence electrons. The Bertz CT molecular complexity index is 424. The molecular weight excluding hydrogens is 220 g/mol. The van der Waals surface area contributed by atoms with Crippen LogP contribution >= 0.6 is 0 Å². The molecular formula is C12H16N2OS. The van der Waals surface area contributed by atoms with Gasteiger partial charge in [0.1, 0.15) is 0 Å². The lowest BCUT2D eigenvalue weighted by Crippen LogP contribution is -2.02. The van der Waals surface area contributed by atoms with Gasteiger partial charge in [-0.25, -0.2) is 0 Å². The van der Waals surface area contributed by atoms with E-state index >= 15 is 0 Å². The fraction of sp³-hybridized carbons (Fsp3) is 0.417. The van der Waals surface area contributed by atoms with Gasteiger partial charge in [0, 0.05) is 17.9 Å². The van der Waals surface area contributed by atoms with E-state index in [0.29, 0.717) is 17.9 Å². The Morgan fingerprint density at radius 3 is 2.88 bits per heavy atom. The predicted octanol–water partition coefficient (Wildman–Crippen LogP) is 2.38. The molecule has 1 rings (SSSR count). The second-order valence-electron chi connectivity index (χ2n) is 3.71. The highest BCUT2D eigenvalue weighted by molar-refractivity contribution is 7.85. The van der Waals surface area contributed by atoms with Crippen LogP contribution in [0, 0.1) is 18.3 Å². The maximum Gasteiger partial charge on any atom is 0.0621 e. The normalized spacial score (nSPS) is 12.0. The minimum Gasteiger partial charge on any atom is -0.398 e. The molecule has 0 spiro atoms. The molecule has 0 aromatic heterocycles. The van der Waals surface area contributed by atoms with E-state index in [-0.39, 0.29) is 0 Å². The van der Waals surface area contributed by atoms with Crippen molar-refractivity contribution in [3.8, 4) is 6.07 Å². The molecule has 1 aromatic carbocycles. The molecule has 2 N–H and O–H groups in total. The molecule has 4 heteroatoms. The Morgan fingerprint density at radius 1 is 1.44 bits per heavy atom. The molecule has 0 bridgehead atoms. The second-order valence-corrected chi connectivity index (χ2v) is 5.25. The number of nitrogens with zero attached hydrogens (tertiary/aromatic N) is 1. The molecule has 1 unspecified atom stereocenters. The van der Waals surface area contributed by atoms with Crippen LogP contribution in [0.4, 0.5) is 5.69 Å². The first-order valence-electron chi connectivity index (χ1n) is 5.26. The average molecular weight is 236 g/mol. The molecule has 0 saturated heterocycles. The largest absolute Gasteiger partial charge is 0.398 e. The first-order chi connectivity index (χ1) is 7.65. The van der Waals surface area contributed by atoms with Gasteiger partial charge in [0.05, 0.1) is 21.8 Å². The Balaban J connectivity index is 2.59. The molecule has 0 amide bonds. The maximum absolute atomic E-state index is 11.9. The van der Waals surface area contributed by atoms with E-state index in [4.69, 9.17) is 11.0 Å². The summed E-state index contributed by atoms with van der Waals surface area (Å²) < 4.78 is 11.9. The van der Waals surface area contributed by atoms with E-state index in [2.05, 4.69) is 6.07 Å². The summed E-state index contributed by atoms with van der Waals surface area (Å²) in [6, 6.07) is 7.65. The van der Waals surface area contributed by atoms with E-state index in [0.717, 1.165) is 23.3 Å². The lowest BCUT2D eigenvalue weighted by atomic mass is 10.2. The van der Waals surface area contributed by atoms with E-state index in [1.54, 1.807) is 6.07 Å². The number of nitrogen functional groups attached to an aromatic ring is 1. The third kappa shape index (κ3) is 3.67. The standard InChI is InChI=1S/C12H16N2OS/c1-10-5-6-11(14)12(9-10)16(15)8-4-2-3-7-13/h5-6,9H,2-4,8,14H2,1H3. The molecule has 0 radical (unpaired) electrons. The van der Waals surface area contributed by atoms with Crippen molar-refractivity contribution < 1.29 is 4.21 Å². The van der Waals surface area contributed by atoms with Crippen LogP contribution < -0.4 is 5.73 Å². The minimum absolute atomic E-state index is 0.528. The number of hydrogen-bond donors (Lipinski definition) is 1. The summed E-state index contributed by atoms with van der Waals surface area (Å²) in [5, 5.41) is 8.38. The molecule has 0 aliphatic carbocycles. The molecule has 0 aliphatic heterocycles. The van der Waals surface area contributed by atoms with Crippen molar-refractivity contribution in [2.24, 2.45) is 0 Å². The molecule has 0 fully saturated rings. The maximum atomic E-state index is 11.9. The number of hydrogen-bond acceptors (Lipinski definition) is 3. The van der Waals surface area contributed by atoms with Gasteiger partial charge in [-0.2, -0.15) is 5.26 Å². The van der Waals surface area contributed by atoms with E-state index in [9.17, 15) is 4.21 Å². The third-order valence-corrected chi connectivity index (χ3v) is 3.79. The minimum atomic E-state index is -1.04. The number of rotatable bonds is 5. The summed E-state index contributed by atoms with van der Waals surface area (Å²) in [6.45, 7) is 1.95. The monoisotopic (exact) mass is 236 g/mol. The summed E-state index contributed by atoms with van der Waals surface area (Å²) in [5.41, 5.74) is 7.43. The van der Waals surface area contributed by atoms with Crippen molar-refractivity contribution >= 4 is 16.5 Å². The van der Waals surface area contributed by atoms with Gasteiger partial charge in [0.2, 0.25) is 0 Å². The SMILES string of the molecule is Cc1ccc(N)c(S(=O)CCCCC#N)c1. The van der Waals surface area contributed by atoms with Crippen LogP contribution in [0.5, 0.6) is 0 Å². The van der Waals surface area contributed by atoms with Gasteiger partial charge in [-0.15, -0.1) is 0 Å². The van der Waals surface area contributed by atoms with Crippen molar-refractivity contribution in [1.82, 2.24) is 0 Å². The average Bonchev–Trinajstić information content (AvgIpc) is 2.27. The van der Waals surface area contributed by atoms with Crippen molar-refractivity contribution in [3.63, 3.8) is 0 Å². The van der Waals surface area contributed by atoms with Crippen molar-refractivity contribution in [3.05, 3.63) is 23.8 Å². The lowest BCUT2D eigenvalue weighted by Gasteiger charge is -2.06. The van der Waals surface area contributed by atoms with Crippen LogP contribution in [-0.2, 0) is 10.8 Å². The van der Waals surface area contributed by atoms with Gasteiger partial charge >= 0.3 is 0 Å². The lowest BCUT2D eigenvalue weighted by molar-refractivity contribution is 0.678. The van der Waals surface area contributed by atoms with Crippen LogP contribution in [0.1, 0.15) is 24.8 Å². The number of benzene rings is 1. The Kier molecular flexibility index (Phi) is 5.00. The van der Waals surface area contributed by atoms with E-state index in [1.807, 2.05) is 19.1 Å². The zero-order chi connectivity index (χ0) is 12.0. The van der Waals surface area contributed by atoms with Gasteiger partial charge in [-0.3, -0.25) is 4.21 Å². The number of anilines is 1. The summed E-state index contributed by atoms with van der Waals surface area (Å²) in [5.74, 6) is 0.579. The summed E-state index contributed by atoms with van der Waals surface area (Å²) in [4.78, 5) is 0.719. The smallest absolute Gasteiger partial charge is 0.0621 e. The molecule has 3 nitrogen and oxygen atoms in total. The van der Waals surface area contributed by atoms with Crippen LogP contribution in [0.25, 0.3) is 0 Å². The van der Waals surface area contributed by atoms with Crippen LogP contribution in [0.15, 0.2) is 23.1 Å². The van der Waals surface area contributed by atoms with Crippen LogP contribution in [0.2, 0.25) is 0 Å². The van der Waals surface area contributed by atoms with E-state index in [1.165, 1.54) is 0 Å². The quantitative estimate of drug-likeness (QED) is 0.630. The Hall–Kier alpha value is -1.34. The first-order valence-corrected chi connectivity index (χ1v) is 6.58. The first kappa shape index (κ1) is 12.7. The Morgan fingerprint density at radius 2 is 2.19 bits per heavy atom. The fourth-order valence-electron chi connectivity index (χ4n) is 1.39. The summed E-state index contributed by atoms with van der Waals surface area (Å²) in [7, 11) is -1.04. The summed E-state index contributed by atoms with van der Waals surface area (Å²) >= 11 is 0. The highest BCUT2D eigenvalue weighted by atomic mass is 32.2. The highest BCUT2D eigenvalue weighted by Gasteiger charge is 2.07. The van der Waals surface area contributed by atoms with Crippen LogP contribution in [-0.4, -0.2) is 9.96 Å². The van der Waals surface area contributed by atoms with E-state index < -0.39 is 10.8 Å². The van der Waals surface area contributed by atoms with Crippen molar-refractivity contribution in [2.75, 3.05) is 11.5 Å². The zero-order valence-corrected chi connectivity index (χ0v) is 10.2. The second kappa shape index (κ2) is 6.29. The number of nitriles is 1. The summed E-state index contributed by atoms with van der Waals surface area (Å²) in [6.07, 6.45) is 2.13. The van der Waals surface area contributed by atoms with Gasteiger partial charge in [-0.05, 0) is 37.5 Å².